The number of benzene rings is 6. The molecule has 90 heavy (non-hydrogen) atoms. The van der Waals surface area contributed by atoms with E-state index >= 15 is 4.79 Å². The van der Waals surface area contributed by atoms with E-state index < -0.39 is 15.6 Å². The highest BCUT2D eigenvalue weighted by atomic mass is 32.2. The van der Waals surface area contributed by atoms with Gasteiger partial charge in [-0.3, -0.25) is 25.0 Å². The molecule has 6 aromatic carbocycles. The highest BCUT2D eigenvalue weighted by Gasteiger charge is 2.38. The van der Waals surface area contributed by atoms with Gasteiger partial charge < -0.3 is 18.9 Å². The minimum Gasteiger partial charge on any atom is -0.493 e. The Hall–Kier alpha value is -6.31. The third-order valence-electron chi connectivity index (χ3n) is 17.4. The molecule has 486 valence electrons. The van der Waals surface area contributed by atoms with Crippen LogP contribution in [0.3, 0.4) is 0 Å². The summed E-state index contributed by atoms with van der Waals surface area (Å²) in [7, 11) is 0. The number of nitro benzene ring substituents is 2. The van der Waals surface area contributed by atoms with E-state index in [9.17, 15) is 20.2 Å². The second-order valence-corrected chi connectivity index (χ2v) is 30.6. The standard InChI is InChI=1S/C77H102N2O9S2/c1-15-23-27-51(19-5)47-85-70-45-62(71(86-48-52(20-6)28-24-16-2)43-60(70)55-31-35-58(36-32-55)89-76(9,10)11)57-39-67-74(69(40-57)79(83)84)65-42-68(78(81)82)63(41-66(65)75(67)80)64-46-72(87-49-53(21-7)29-25-17-3)61(44-73(64)88-50-54(22-8)30-26-18-4)56-33-37-59(38-34-56)90-77(12,13)14/h31-46,51-54H,15-30,47-50H2,1-14H3. The Morgan fingerprint density at radius 3 is 1.07 bits per heavy atom. The SMILES string of the molecule is CCCCC(CC)COc1cc(-c2cc3c(c([N+](=O)[O-])c2)-c2cc([N+](=O)[O-])c(-c4cc(OCC(CC)CCCC)c(-c5ccc(SC(C)(C)C)cc5)cc4OCC(CC)CCCC)cc2C3=O)c(OCC(CC)CCCC)cc1-c1ccc(SC(C)(C)C)cc1. The summed E-state index contributed by atoms with van der Waals surface area (Å²) in [6.07, 6.45) is 16.1. The lowest BCUT2D eigenvalue weighted by atomic mass is 9.92. The van der Waals surface area contributed by atoms with E-state index in [-0.39, 0.29) is 66.4 Å². The van der Waals surface area contributed by atoms with Crippen molar-refractivity contribution in [2.24, 2.45) is 23.7 Å². The van der Waals surface area contributed by atoms with Gasteiger partial charge in [0.05, 0.1) is 47.4 Å². The maximum Gasteiger partial charge on any atom is 0.278 e. The van der Waals surface area contributed by atoms with Crippen molar-refractivity contribution in [2.45, 2.75) is 219 Å². The van der Waals surface area contributed by atoms with Crippen molar-refractivity contribution in [1.82, 2.24) is 0 Å². The van der Waals surface area contributed by atoms with E-state index in [0.717, 1.165) is 135 Å². The Bertz CT molecular complexity index is 3360. The first-order chi connectivity index (χ1) is 43.1. The topological polar surface area (TPSA) is 140 Å². The number of ketones is 1. The summed E-state index contributed by atoms with van der Waals surface area (Å²) in [5.41, 5.74) is 4.66. The zero-order chi connectivity index (χ0) is 65.3. The molecule has 0 saturated heterocycles. The number of hydrogen-bond donors (Lipinski definition) is 0. The average molecular weight is 1260 g/mol. The van der Waals surface area contributed by atoms with Crippen LogP contribution in [-0.4, -0.2) is 51.6 Å². The van der Waals surface area contributed by atoms with Crippen LogP contribution in [0.5, 0.6) is 23.0 Å². The van der Waals surface area contributed by atoms with Crippen molar-refractivity contribution in [3.8, 4) is 78.6 Å². The molecule has 0 saturated carbocycles. The van der Waals surface area contributed by atoms with Gasteiger partial charge in [-0.2, -0.15) is 0 Å². The second-order valence-electron chi connectivity index (χ2n) is 26.8. The molecule has 0 aromatic heterocycles. The summed E-state index contributed by atoms with van der Waals surface area (Å²) in [6, 6.07) is 30.8. The molecule has 0 aliphatic heterocycles. The van der Waals surface area contributed by atoms with Gasteiger partial charge in [-0.1, -0.05) is 198 Å². The largest absolute Gasteiger partial charge is 0.493 e. The molecular formula is C77H102N2O9S2. The van der Waals surface area contributed by atoms with Crippen molar-refractivity contribution in [2.75, 3.05) is 26.4 Å². The normalized spacial score (nSPS) is 13.6. The van der Waals surface area contributed by atoms with Crippen LogP contribution in [0.15, 0.2) is 107 Å². The van der Waals surface area contributed by atoms with Crippen LogP contribution in [0, 0.1) is 43.9 Å². The van der Waals surface area contributed by atoms with Gasteiger partial charge in [-0.25, -0.2) is 0 Å². The fraction of sp³-hybridized carbons (Fsp3) is 0.519. The van der Waals surface area contributed by atoms with Crippen molar-refractivity contribution >= 4 is 40.7 Å². The first kappa shape index (κ1) is 71.1. The average Bonchev–Trinajstić information content (AvgIpc) is 1.54. The summed E-state index contributed by atoms with van der Waals surface area (Å²) in [6.45, 7) is 32.3. The lowest BCUT2D eigenvalue weighted by Crippen LogP contribution is -2.13. The van der Waals surface area contributed by atoms with Gasteiger partial charge in [0, 0.05) is 70.4 Å². The minimum atomic E-state index is -0.485. The molecule has 1 aliphatic rings. The third-order valence-corrected chi connectivity index (χ3v) is 19.7. The first-order valence-corrected chi connectivity index (χ1v) is 35.4. The monoisotopic (exact) mass is 1260 g/mol. The van der Waals surface area contributed by atoms with E-state index in [1.165, 1.54) is 12.1 Å². The lowest BCUT2D eigenvalue weighted by molar-refractivity contribution is -0.384. The number of carbonyl (C=O) groups excluding carboxylic acids is 1. The number of carbonyl (C=O) groups is 1. The molecule has 0 N–H and O–H groups in total. The number of rotatable bonds is 36. The zero-order valence-corrected chi connectivity index (χ0v) is 58.2. The maximum absolute atomic E-state index is 15.5. The molecule has 4 unspecified atom stereocenters. The van der Waals surface area contributed by atoms with E-state index in [1.54, 1.807) is 35.7 Å². The molecule has 0 radical (unpaired) electrons. The molecule has 13 heteroatoms. The van der Waals surface area contributed by atoms with E-state index in [1.807, 2.05) is 24.3 Å². The quantitative estimate of drug-likeness (QED) is 0.0211. The minimum absolute atomic E-state index is 0.00150. The maximum atomic E-state index is 15.5. The Labute approximate surface area is 547 Å². The number of hydrogen-bond acceptors (Lipinski definition) is 11. The molecule has 4 atom stereocenters. The van der Waals surface area contributed by atoms with Crippen LogP contribution < -0.4 is 18.9 Å². The fourth-order valence-corrected chi connectivity index (χ4v) is 13.9. The highest BCUT2D eigenvalue weighted by Crippen LogP contribution is 2.53. The Balaban J connectivity index is 1.45. The molecule has 11 nitrogen and oxygen atoms in total. The molecule has 0 heterocycles. The number of nitrogens with zero attached hydrogens (tertiary/aromatic N) is 2. The number of nitro groups is 2. The van der Waals surface area contributed by atoms with Gasteiger partial charge in [0.15, 0.2) is 5.78 Å². The highest BCUT2D eigenvalue weighted by molar-refractivity contribution is 8.00. The van der Waals surface area contributed by atoms with Crippen molar-refractivity contribution in [3.05, 3.63) is 128 Å². The third kappa shape index (κ3) is 18.9. The van der Waals surface area contributed by atoms with Crippen molar-refractivity contribution < 1.29 is 33.6 Å². The fourth-order valence-electron chi connectivity index (χ4n) is 11.9. The summed E-state index contributed by atoms with van der Waals surface area (Å²) >= 11 is 3.58. The molecule has 0 bridgehead atoms. The lowest BCUT2D eigenvalue weighted by Gasteiger charge is -2.23. The molecule has 1 aliphatic carbocycles. The summed E-state index contributed by atoms with van der Waals surface area (Å²) in [5.74, 6) is 2.64. The predicted octanol–water partition coefficient (Wildman–Crippen LogP) is 23.5. The number of fused-ring (bicyclic) bond motifs is 3. The van der Waals surface area contributed by atoms with Gasteiger partial charge in [0.25, 0.3) is 11.4 Å². The summed E-state index contributed by atoms with van der Waals surface area (Å²) < 4.78 is 27.7. The summed E-state index contributed by atoms with van der Waals surface area (Å²) in [4.78, 5) is 44.3. The van der Waals surface area contributed by atoms with Crippen LogP contribution in [0.25, 0.3) is 55.6 Å². The molecule has 6 aromatic rings. The Morgan fingerprint density at radius 2 is 0.733 bits per heavy atom. The van der Waals surface area contributed by atoms with E-state index in [2.05, 4.69) is 145 Å². The Morgan fingerprint density at radius 1 is 0.389 bits per heavy atom. The van der Waals surface area contributed by atoms with Gasteiger partial charge in [0.1, 0.15) is 23.0 Å². The van der Waals surface area contributed by atoms with E-state index in [0.29, 0.717) is 72.0 Å². The van der Waals surface area contributed by atoms with Crippen LogP contribution in [0.1, 0.15) is 216 Å². The van der Waals surface area contributed by atoms with Gasteiger partial charge in [-0.05, 0) is 127 Å². The molecule has 0 fully saturated rings. The van der Waals surface area contributed by atoms with Gasteiger partial charge >= 0.3 is 0 Å². The van der Waals surface area contributed by atoms with Crippen molar-refractivity contribution in [3.63, 3.8) is 0 Å². The smallest absolute Gasteiger partial charge is 0.278 e. The molecule has 7 rings (SSSR count). The van der Waals surface area contributed by atoms with E-state index in [4.69, 9.17) is 18.9 Å². The predicted molar refractivity (Wildman–Crippen MR) is 377 cm³/mol. The number of thioether (sulfide) groups is 2. The Kier molecular flexibility index (Phi) is 26.3. The van der Waals surface area contributed by atoms with Crippen LogP contribution >= 0.6 is 23.5 Å². The number of ether oxygens (including phenoxy) is 4. The van der Waals surface area contributed by atoms with Crippen LogP contribution in [-0.2, 0) is 0 Å². The molecule has 0 spiro atoms. The first-order valence-electron chi connectivity index (χ1n) is 33.7. The van der Waals surface area contributed by atoms with Crippen molar-refractivity contribution in [1.29, 1.82) is 0 Å². The van der Waals surface area contributed by atoms with Gasteiger partial charge in [0.2, 0.25) is 0 Å². The second kappa shape index (κ2) is 33.3. The van der Waals surface area contributed by atoms with Crippen LogP contribution in [0.2, 0.25) is 0 Å². The zero-order valence-electron chi connectivity index (χ0n) is 56.6. The van der Waals surface area contributed by atoms with Crippen LogP contribution in [0.4, 0.5) is 11.4 Å². The molecular weight excluding hydrogens is 1160 g/mol. The molecule has 0 amide bonds. The van der Waals surface area contributed by atoms with Gasteiger partial charge in [-0.15, -0.1) is 23.5 Å². The number of unbranched alkanes of at least 4 members (excludes halogenated alkanes) is 4. The summed E-state index contributed by atoms with van der Waals surface area (Å²) in [5, 5.41) is 27.5.